The minimum atomic E-state index is -3.87. The van der Waals surface area contributed by atoms with Crippen LogP contribution in [0.25, 0.3) is 0 Å². The standard InChI is InChI=1S/C12H12F2N2O3S/c13-9-2-1-8(11(14)5-9)6-16-7-10-3-4-12(19-10)20(15,17)18/h1-5,16H,6-7H2,(H2,15,17,18). The molecular weight excluding hydrogens is 290 g/mol. The molecule has 5 nitrogen and oxygen atoms in total. The summed E-state index contributed by atoms with van der Waals surface area (Å²) in [6.45, 7) is 0.337. The van der Waals surface area contributed by atoms with Crippen LogP contribution in [0.2, 0.25) is 0 Å². The van der Waals surface area contributed by atoms with E-state index >= 15 is 0 Å². The Morgan fingerprint density at radius 1 is 1.15 bits per heavy atom. The number of hydrogen-bond acceptors (Lipinski definition) is 4. The average molecular weight is 302 g/mol. The van der Waals surface area contributed by atoms with Crippen LogP contribution in [0.15, 0.2) is 39.8 Å². The van der Waals surface area contributed by atoms with Gasteiger partial charge in [0, 0.05) is 18.2 Å². The maximum absolute atomic E-state index is 13.3. The lowest BCUT2D eigenvalue weighted by molar-refractivity contribution is 0.401. The molecule has 0 aliphatic heterocycles. The number of furan rings is 1. The molecule has 1 aromatic heterocycles. The Morgan fingerprint density at radius 2 is 1.90 bits per heavy atom. The Balaban J connectivity index is 1.95. The van der Waals surface area contributed by atoms with Crippen LogP contribution in [0.1, 0.15) is 11.3 Å². The van der Waals surface area contributed by atoms with E-state index < -0.39 is 21.7 Å². The minimum Gasteiger partial charge on any atom is -0.447 e. The van der Waals surface area contributed by atoms with Gasteiger partial charge in [0.2, 0.25) is 5.09 Å². The fourth-order valence-corrected chi connectivity index (χ4v) is 2.07. The first kappa shape index (κ1) is 14.6. The molecule has 0 aliphatic carbocycles. The van der Waals surface area contributed by atoms with Crippen molar-refractivity contribution in [2.45, 2.75) is 18.2 Å². The SMILES string of the molecule is NS(=O)(=O)c1ccc(CNCc2ccc(F)cc2F)o1. The fourth-order valence-electron chi connectivity index (χ4n) is 1.59. The van der Waals surface area contributed by atoms with E-state index in [1.807, 2.05) is 0 Å². The molecule has 0 saturated heterocycles. The van der Waals surface area contributed by atoms with E-state index in [1.165, 1.54) is 18.2 Å². The largest absolute Gasteiger partial charge is 0.447 e. The van der Waals surface area contributed by atoms with Gasteiger partial charge >= 0.3 is 0 Å². The van der Waals surface area contributed by atoms with E-state index in [0.29, 0.717) is 11.3 Å². The highest BCUT2D eigenvalue weighted by molar-refractivity contribution is 7.89. The number of sulfonamides is 1. The number of hydrogen-bond donors (Lipinski definition) is 2. The highest BCUT2D eigenvalue weighted by atomic mass is 32.2. The summed E-state index contributed by atoms with van der Waals surface area (Å²) < 4.78 is 53.0. The minimum absolute atomic E-state index is 0.150. The van der Waals surface area contributed by atoms with Crippen molar-refractivity contribution in [3.8, 4) is 0 Å². The summed E-state index contributed by atoms with van der Waals surface area (Å²) in [5, 5.41) is 7.42. The summed E-state index contributed by atoms with van der Waals surface area (Å²) in [5.74, 6) is -0.950. The Labute approximate surface area is 114 Å². The highest BCUT2D eigenvalue weighted by Crippen LogP contribution is 2.13. The van der Waals surface area contributed by atoms with Crippen molar-refractivity contribution in [2.24, 2.45) is 5.14 Å². The van der Waals surface area contributed by atoms with E-state index in [9.17, 15) is 17.2 Å². The number of primary sulfonamides is 1. The van der Waals surface area contributed by atoms with Gasteiger partial charge in [-0.3, -0.25) is 0 Å². The topological polar surface area (TPSA) is 85.3 Å². The fraction of sp³-hybridized carbons (Fsp3) is 0.167. The number of nitrogens with one attached hydrogen (secondary N) is 1. The van der Waals surface area contributed by atoms with E-state index in [4.69, 9.17) is 9.56 Å². The molecule has 0 amide bonds. The van der Waals surface area contributed by atoms with Crippen molar-refractivity contribution in [1.82, 2.24) is 5.32 Å². The maximum Gasteiger partial charge on any atom is 0.271 e. The van der Waals surface area contributed by atoms with E-state index in [0.717, 1.165) is 12.1 Å². The van der Waals surface area contributed by atoms with Gasteiger partial charge in [0.05, 0.1) is 6.54 Å². The Hall–Kier alpha value is -1.77. The van der Waals surface area contributed by atoms with Crippen LogP contribution in [0, 0.1) is 11.6 Å². The molecule has 0 bridgehead atoms. The van der Waals surface area contributed by atoms with Crippen molar-refractivity contribution >= 4 is 10.0 Å². The molecule has 8 heteroatoms. The number of halogens is 2. The third-order valence-corrected chi connectivity index (χ3v) is 3.33. The predicted octanol–water partition coefficient (Wildman–Crippen LogP) is 1.49. The second kappa shape index (κ2) is 5.70. The van der Waals surface area contributed by atoms with Gasteiger partial charge in [-0.25, -0.2) is 22.3 Å². The zero-order chi connectivity index (χ0) is 14.8. The third kappa shape index (κ3) is 3.62. The van der Waals surface area contributed by atoms with Gasteiger partial charge in [-0.15, -0.1) is 0 Å². The van der Waals surface area contributed by atoms with Crippen molar-refractivity contribution in [3.63, 3.8) is 0 Å². The van der Waals surface area contributed by atoms with Crippen LogP contribution < -0.4 is 10.5 Å². The highest BCUT2D eigenvalue weighted by Gasteiger charge is 2.13. The molecule has 0 saturated carbocycles. The van der Waals surface area contributed by atoms with E-state index in [2.05, 4.69) is 5.32 Å². The molecule has 0 fully saturated rings. The smallest absolute Gasteiger partial charge is 0.271 e. The molecule has 3 N–H and O–H groups in total. The quantitative estimate of drug-likeness (QED) is 0.876. The zero-order valence-corrected chi connectivity index (χ0v) is 11.1. The normalized spacial score (nSPS) is 11.8. The van der Waals surface area contributed by atoms with Gasteiger partial charge in [-0.05, 0) is 18.2 Å². The molecule has 2 aromatic rings. The second-order valence-corrected chi connectivity index (χ2v) is 5.60. The average Bonchev–Trinajstić information content (AvgIpc) is 2.80. The summed E-state index contributed by atoms with van der Waals surface area (Å²) >= 11 is 0. The lowest BCUT2D eigenvalue weighted by atomic mass is 10.2. The molecule has 108 valence electrons. The Kier molecular flexibility index (Phi) is 4.17. The number of nitrogens with two attached hydrogens (primary N) is 1. The molecule has 2 rings (SSSR count). The zero-order valence-electron chi connectivity index (χ0n) is 10.3. The third-order valence-electron chi connectivity index (χ3n) is 2.55. The molecule has 20 heavy (non-hydrogen) atoms. The maximum atomic E-state index is 13.3. The summed E-state index contributed by atoms with van der Waals surface area (Å²) in [5.41, 5.74) is 0.296. The summed E-state index contributed by atoms with van der Waals surface area (Å²) in [6.07, 6.45) is 0. The monoisotopic (exact) mass is 302 g/mol. The van der Waals surface area contributed by atoms with Crippen LogP contribution in [-0.2, 0) is 23.1 Å². The van der Waals surface area contributed by atoms with Crippen LogP contribution in [0.4, 0.5) is 8.78 Å². The first-order valence-electron chi connectivity index (χ1n) is 5.62. The van der Waals surface area contributed by atoms with Crippen LogP contribution >= 0.6 is 0 Å². The molecule has 0 unspecified atom stereocenters. The molecule has 0 atom stereocenters. The molecule has 1 heterocycles. The van der Waals surface area contributed by atoms with Crippen molar-refractivity contribution in [2.75, 3.05) is 0 Å². The van der Waals surface area contributed by atoms with Gasteiger partial charge in [-0.1, -0.05) is 6.07 Å². The number of benzene rings is 1. The second-order valence-electron chi connectivity index (χ2n) is 4.11. The summed E-state index contributed by atoms with van der Waals surface area (Å²) in [6, 6.07) is 5.98. The van der Waals surface area contributed by atoms with Gasteiger partial charge in [0.25, 0.3) is 10.0 Å². The van der Waals surface area contributed by atoms with Gasteiger partial charge in [0.1, 0.15) is 17.4 Å². The Morgan fingerprint density at radius 3 is 2.50 bits per heavy atom. The summed E-state index contributed by atoms with van der Waals surface area (Å²) in [4.78, 5) is 0. The first-order valence-corrected chi connectivity index (χ1v) is 7.17. The molecule has 0 radical (unpaired) electrons. The van der Waals surface area contributed by atoms with Crippen molar-refractivity contribution in [1.29, 1.82) is 0 Å². The van der Waals surface area contributed by atoms with Crippen LogP contribution in [-0.4, -0.2) is 8.42 Å². The molecular formula is C12H12F2N2O3S. The van der Waals surface area contributed by atoms with Crippen molar-refractivity contribution < 1.29 is 21.6 Å². The van der Waals surface area contributed by atoms with E-state index in [1.54, 1.807) is 0 Å². The Bertz CT molecular complexity index is 713. The van der Waals surface area contributed by atoms with Gasteiger partial charge in [0.15, 0.2) is 0 Å². The summed E-state index contributed by atoms with van der Waals surface area (Å²) in [7, 11) is -3.87. The van der Waals surface area contributed by atoms with Gasteiger partial charge in [-0.2, -0.15) is 0 Å². The number of rotatable bonds is 5. The first-order chi connectivity index (χ1) is 9.36. The molecule has 1 aromatic carbocycles. The molecule has 0 aliphatic rings. The molecule has 0 spiro atoms. The van der Waals surface area contributed by atoms with Crippen LogP contribution in [0.3, 0.4) is 0 Å². The predicted molar refractivity (Wildman–Crippen MR) is 67.0 cm³/mol. The van der Waals surface area contributed by atoms with Gasteiger partial charge < -0.3 is 9.73 Å². The van der Waals surface area contributed by atoms with Crippen LogP contribution in [0.5, 0.6) is 0 Å². The van der Waals surface area contributed by atoms with E-state index in [-0.39, 0.29) is 18.2 Å². The van der Waals surface area contributed by atoms with Crippen molar-refractivity contribution in [3.05, 3.63) is 53.3 Å². The lowest BCUT2D eigenvalue weighted by Crippen LogP contribution is -2.14. The lowest BCUT2D eigenvalue weighted by Gasteiger charge is -2.04.